The van der Waals surface area contributed by atoms with Crippen LogP contribution in [0.5, 0.6) is 0 Å². The van der Waals surface area contributed by atoms with E-state index in [1.807, 2.05) is 0 Å². The molecule has 0 radical (unpaired) electrons. The van der Waals surface area contributed by atoms with Crippen LogP contribution >= 0.6 is 34.8 Å². The van der Waals surface area contributed by atoms with Crippen molar-refractivity contribution in [2.45, 2.75) is 0 Å². The number of carbonyl (C=O) groups excluding carboxylic acids is 1. The van der Waals surface area contributed by atoms with E-state index in [-0.39, 0.29) is 6.29 Å². The second-order valence-corrected chi connectivity index (χ2v) is 3.24. The van der Waals surface area contributed by atoms with Gasteiger partial charge >= 0.3 is 0 Å². The molecule has 0 spiro atoms. The topological polar surface area (TPSA) is 17.1 Å². The highest BCUT2D eigenvalue weighted by Gasteiger charge is 2.20. The van der Waals surface area contributed by atoms with E-state index < -0.39 is 32.3 Å². The number of hydrogen-bond acceptors (Lipinski definition) is 1. The van der Waals surface area contributed by atoms with Crippen LogP contribution in [0.4, 0.5) is 8.78 Å². The lowest BCUT2D eigenvalue weighted by Gasteiger charge is -2.04. The minimum atomic E-state index is -1.19. The molecule has 0 amide bonds. The molecule has 0 aliphatic carbocycles. The Balaban J connectivity index is 3.66. The van der Waals surface area contributed by atoms with Gasteiger partial charge in [0.15, 0.2) is 17.9 Å². The van der Waals surface area contributed by atoms with Gasteiger partial charge in [-0.2, -0.15) is 0 Å². The van der Waals surface area contributed by atoms with Crippen molar-refractivity contribution in [3.63, 3.8) is 0 Å². The summed E-state index contributed by atoms with van der Waals surface area (Å²) in [5, 5.41) is -1.97. The minimum Gasteiger partial charge on any atom is -0.298 e. The number of aldehydes is 1. The van der Waals surface area contributed by atoms with Gasteiger partial charge in [-0.1, -0.05) is 34.8 Å². The monoisotopic (exact) mass is 244 g/mol. The van der Waals surface area contributed by atoms with Crippen LogP contribution in [0, 0.1) is 11.6 Å². The van der Waals surface area contributed by atoms with Crippen LogP contribution in [-0.2, 0) is 0 Å². The first-order valence-electron chi connectivity index (χ1n) is 2.97. The van der Waals surface area contributed by atoms with E-state index in [1.165, 1.54) is 0 Å². The van der Waals surface area contributed by atoms with Crippen molar-refractivity contribution in [2.24, 2.45) is 0 Å². The minimum absolute atomic E-state index is 0.160. The zero-order chi connectivity index (χ0) is 10.2. The van der Waals surface area contributed by atoms with Crippen LogP contribution in [0.1, 0.15) is 10.4 Å². The van der Waals surface area contributed by atoms with Gasteiger partial charge in [0.05, 0.1) is 15.6 Å². The van der Waals surface area contributed by atoms with Gasteiger partial charge < -0.3 is 0 Å². The summed E-state index contributed by atoms with van der Waals surface area (Å²) in [5.41, 5.74) is -0.442. The first-order valence-corrected chi connectivity index (χ1v) is 4.10. The zero-order valence-electron chi connectivity index (χ0n) is 5.88. The van der Waals surface area contributed by atoms with E-state index in [0.29, 0.717) is 0 Å². The number of rotatable bonds is 1. The summed E-state index contributed by atoms with van der Waals surface area (Å²) < 4.78 is 25.8. The lowest BCUT2D eigenvalue weighted by Crippen LogP contribution is -1.94. The molecule has 1 aromatic carbocycles. The number of benzene rings is 1. The smallest absolute Gasteiger partial charge is 0.164 e. The maximum absolute atomic E-state index is 12.9. The normalized spacial score (nSPS) is 10.2. The van der Waals surface area contributed by atoms with Crippen LogP contribution in [0.15, 0.2) is 0 Å². The molecule has 1 aromatic rings. The summed E-state index contributed by atoms with van der Waals surface area (Å²) in [6, 6.07) is 0. The van der Waals surface area contributed by atoms with Crippen molar-refractivity contribution in [1.29, 1.82) is 0 Å². The Hall–Kier alpha value is -0.380. The van der Waals surface area contributed by atoms with Crippen LogP contribution in [0.3, 0.4) is 0 Å². The number of halogens is 5. The highest BCUT2D eigenvalue weighted by atomic mass is 35.5. The molecule has 0 saturated carbocycles. The molecule has 0 aromatic heterocycles. The van der Waals surface area contributed by atoms with Gasteiger partial charge in [-0.3, -0.25) is 4.79 Å². The third-order valence-electron chi connectivity index (χ3n) is 1.36. The highest BCUT2D eigenvalue weighted by molar-refractivity contribution is 6.41. The van der Waals surface area contributed by atoms with Gasteiger partial charge in [-0.15, -0.1) is 0 Å². The van der Waals surface area contributed by atoms with Crippen molar-refractivity contribution in [3.8, 4) is 0 Å². The Labute approximate surface area is 87.2 Å². The Morgan fingerprint density at radius 3 is 1.62 bits per heavy atom. The fourth-order valence-electron chi connectivity index (χ4n) is 0.725. The van der Waals surface area contributed by atoms with E-state index in [9.17, 15) is 13.6 Å². The van der Waals surface area contributed by atoms with E-state index in [4.69, 9.17) is 34.8 Å². The predicted octanol–water partition coefficient (Wildman–Crippen LogP) is 3.74. The van der Waals surface area contributed by atoms with Gasteiger partial charge in [0, 0.05) is 0 Å². The molecule has 0 fully saturated rings. The molecule has 0 heterocycles. The van der Waals surface area contributed by atoms with Gasteiger partial charge in [-0.05, 0) is 0 Å². The van der Waals surface area contributed by atoms with Crippen molar-refractivity contribution < 1.29 is 13.6 Å². The largest absolute Gasteiger partial charge is 0.298 e. The highest BCUT2D eigenvalue weighted by Crippen LogP contribution is 2.34. The Bertz CT molecular complexity index is 349. The van der Waals surface area contributed by atoms with Crippen molar-refractivity contribution >= 4 is 41.1 Å². The lowest BCUT2D eigenvalue weighted by atomic mass is 10.2. The number of carbonyl (C=O) groups is 1. The van der Waals surface area contributed by atoms with Crippen LogP contribution in [0.25, 0.3) is 0 Å². The van der Waals surface area contributed by atoms with Crippen LogP contribution < -0.4 is 0 Å². The summed E-state index contributed by atoms with van der Waals surface area (Å²) in [4.78, 5) is 10.3. The van der Waals surface area contributed by atoms with Crippen molar-refractivity contribution in [2.75, 3.05) is 0 Å². The molecular weight excluding hydrogens is 244 g/mol. The fraction of sp³-hybridized carbons (Fsp3) is 0. The quantitative estimate of drug-likeness (QED) is 0.418. The number of hydrogen-bond donors (Lipinski definition) is 0. The molecule has 70 valence electrons. The van der Waals surface area contributed by atoms with E-state index in [0.717, 1.165) is 0 Å². The van der Waals surface area contributed by atoms with Crippen molar-refractivity contribution in [1.82, 2.24) is 0 Å². The molecule has 1 nitrogen and oxygen atoms in total. The van der Waals surface area contributed by atoms with Crippen LogP contribution in [0.2, 0.25) is 15.1 Å². The summed E-state index contributed by atoms with van der Waals surface area (Å²) in [7, 11) is 0. The second kappa shape index (κ2) is 3.78. The van der Waals surface area contributed by atoms with Crippen LogP contribution in [-0.4, -0.2) is 6.29 Å². The SMILES string of the molecule is O=Cc1c(Cl)c(F)c(Cl)c(F)c1Cl. The first-order chi connectivity index (χ1) is 6.00. The molecule has 0 saturated heterocycles. The Morgan fingerprint density at radius 2 is 1.31 bits per heavy atom. The van der Waals surface area contributed by atoms with Gasteiger partial charge in [-0.25, -0.2) is 8.78 Å². The summed E-state index contributed by atoms with van der Waals surface area (Å²) in [6.45, 7) is 0. The average Bonchev–Trinajstić information content (AvgIpc) is 2.13. The van der Waals surface area contributed by atoms with Crippen molar-refractivity contribution in [3.05, 3.63) is 32.3 Å². The molecule has 0 aliphatic rings. The van der Waals surface area contributed by atoms with E-state index >= 15 is 0 Å². The standard InChI is InChI=1S/C7HCl3F2O/c8-3-2(1-13)4(9)7(12)5(10)6(3)11/h1H. The molecule has 0 N–H and O–H groups in total. The third-order valence-corrected chi connectivity index (χ3v) is 2.43. The Kier molecular flexibility index (Phi) is 3.11. The molecule has 0 unspecified atom stereocenters. The summed E-state index contributed by atoms with van der Waals surface area (Å²) in [6.07, 6.45) is 0.160. The third kappa shape index (κ3) is 1.64. The fourth-order valence-corrected chi connectivity index (χ4v) is 1.53. The van der Waals surface area contributed by atoms with Gasteiger partial charge in [0.2, 0.25) is 0 Å². The molecule has 13 heavy (non-hydrogen) atoms. The van der Waals surface area contributed by atoms with Gasteiger partial charge in [0.25, 0.3) is 0 Å². The molecule has 0 bridgehead atoms. The average molecular weight is 245 g/mol. The van der Waals surface area contributed by atoms with E-state index in [2.05, 4.69) is 0 Å². The first kappa shape index (κ1) is 10.7. The molecule has 1 rings (SSSR count). The molecule has 0 aliphatic heterocycles. The second-order valence-electron chi connectivity index (χ2n) is 2.10. The lowest BCUT2D eigenvalue weighted by molar-refractivity contribution is 0.112. The summed E-state index contributed by atoms with van der Waals surface area (Å²) >= 11 is 15.9. The predicted molar refractivity (Wildman–Crippen MR) is 46.8 cm³/mol. The maximum atomic E-state index is 12.9. The maximum Gasteiger partial charge on any atom is 0.164 e. The molecular formula is C7HCl3F2O. The summed E-state index contributed by atoms with van der Waals surface area (Å²) in [5.74, 6) is -2.38. The molecule has 0 atom stereocenters. The zero-order valence-corrected chi connectivity index (χ0v) is 8.14. The molecule has 6 heteroatoms. The van der Waals surface area contributed by atoms with Gasteiger partial charge in [0.1, 0.15) is 5.02 Å². The Morgan fingerprint density at radius 1 is 0.923 bits per heavy atom. The van der Waals surface area contributed by atoms with E-state index in [1.54, 1.807) is 0 Å².